The number of hydrogen-bond donors (Lipinski definition) is 3. The molecule has 82 valence electrons. The number of rotatable bonds is 0. The highest BCUT2D eigenvalue weighted by atomic mass is 32.2. The second kappa shape index (κ2) is 3.41. The molecule has 0 radical (unpaired) electrons. The fourth-order valence-corrected chi connectivity index (χ4v) is 2.32. The number of hydrazine groups is 2. The average molecular weight is 237 g/mol. The molecule has 0 aromatic heterocycles. The van der Waals surface area contributed by atoms with Gasteiger partial charge >= 0.3 is 0 Å². The SMILES string of the molecule is O=S(=O)=C1NNN2C1=C[NH+]=C1C=CC=CC12. The zero-order valence-electron chi connectivity index (χ0n) is 8.14. The van der Waals surface area contributed by atoms with Crippen LogP contribution in [0.5, 0.6) is 0 Å². The van der Waals surface area contributed by atoms with E-state index in [0.717, 1.165) is 5.71 Å². The maximum absolute atomic E-state index is 10.9. The van der Waals surface area contributed by atoms with E-state index in [1.54, 1.807) is 11.2 Å². The van der Waals surface area contributed by atoms with Gasteiger partial charge in [0, 0.05) is 6.08 Å². The van der Waals surface area contributed by atoms with Crippen molar-refractivity contribution in [1.82, 2.24) is 16.0 Å². The molecular formula is C9H9N4O2S+. The molecule has 2 heterocycles. The van der Waals surface area contributed by atoms with Crippen LogP contribution in [0.15, 0.2) is 36.2 Å². The van der Waals surface area contributed by atoms with Crippen LogP contribution in [0.2, 0.25) is 0 Å². The summed E-state index contributed by atoms with van der Waals surface area (Å²) in [7, 11) is -2.28. The molecule has 1 fully saturated rings. The van der Waals surface area contributed by atoms with Crippen molar-refractivity contribution in [3.8, 4) is 0 Å². The summed E-state index contributed by atoms with van der Waals surface area (Å²) in [4.78, 5) is 3.23. The molecule has 1 aliphatic carbocycles. The first kappa shape index (κ1) is 9.52. The molecular weight excluding hydrogens is 228 g/mol. The second-order valence-corrected chi connectivity index (χ2v) is 4.37. The van der Waals surface area contributed by atoms with Crippen LogP contribution >= 0.6 is 0 Å². The summed E-state index contributed by atoms with van der Waals surface area (Å²) in [6.45, 7) is 0. The first-order valence-electron chi connectivity index (χ1n) is 4.73. The molecule has 0 amide bonds. The molecule has 3 rings (SSSR count). The van der Waals surface area contributed by atoms with Gasteiger partial charge in [0.05, 0.1) is 0 Å². The molecule has 0 spiro atoms. The minimum atomic E-state index is -2.28. The molecule has 6 nitrogen and oxygen atoms in total. The molecule has 0 aromatic carbocycles. The number of nitrogens with one attached hydrogen (secondary N) is 3. The quantitative estimate of drug-likeness (QED) is 0.397. The van der Waals surface area contributed by atoms with Crippen molar-refractivity contribution in [2.45, 2.75) is 6.04 Å². The lowest BCUT2D eigenvalue weighted by molar-refractivity contribution is -0.380. The van der Waals surface area contributed by atoms with E-state index in [4.69, 9.17) is 0 Å². The Morgan fingerprint density at radius 1 is 1.38 bits per heavy atom. The molecule has 3 aliphatic rings. The van der Waals surface area contributed by atoms with E-state index in [1.165, 1.54) is 0 Å². The summed E-state index contributed by atoms with van der Waals surface area (Å²) in [6, 6.07) is -0.0152. The van der Waals surface area contributed by atoms with Crippen molar-refractivity contribution in [2.24, 2.45) is 0 Å². The Bertz CT molecular complexity index is 589. The van der Waals surface area contributed by atoms with Gasteiger partial charge in [0.15, 0.2) is 16.9 Å². The van der Waals surface area contributed by atoms with E-state index in [2.05, 4.69) is 16.0 Å². The number of hydrogen-bond acceptors (Lipinski definition) is 4. The fourth-order valence-electron chi connectivity index (χ4n) is 1.87. The van der Waals surface area contributed by atoms with Gasteiger partial charge in [-0.2, -0.15) is 19.4 Å². The molecule has 3 N–H and O–H groups in total. The zero-order chi connectivity index (χ0) is 11.1. The summed E-state index contributed by atoms with van der Waals surface area (Å²) in [5.41, 5.74) is 7.04. The van der Waals surface area contributed by atoms with Gasteiger partial charge in [-0.1, -0.05) is 18.2 Å². The Morgan fingerprint density at radius 3 is 3.06 bits per heavy atom. The van der Waals surface area contributed by atoms with Crippen LogP contribution in [0.3, 0.4) is 0 Å². The lowest BCUT2D eigenvalue weighted by Crippen LogP contribution is -2.74. The van der Waals surface area contributed by atoms with Gasteiger partial charge in [-0.3, -0.25) is 5.01 Å². The maximum Gasteiger partial charge on any atom is 0.236 e. The van der Waals surface area contributed by atoms with Crippen molar-refractivity contribution >= 4 is 21.0 Å². The molecule has 7 heteroatoms. The minimum Gasteiger partial charge on any atom is -0.269 e. The molecule has 1 unspecified atom stereocenters. The summed E-state index contributed by atoms with van der Waals surface area (Å²) in [5.74, 6) is 0. The van der Waals surface area contributed by atoms with Crippen molar-refractivity contribution < 1.29 is 13.4 Å². The van der Waals surface area contributed by atoms with Gasteiger partial charge in [-0.15, -0.1) is 0 Å². The van der Waals surface area contributed by atoms with Gasteiger partial charge < -0.3 is 0 Å². The summed E-state index contributed by atoms with van der Waals surface area (Å²) < 4.78 is 21.9. The predicted octanol–water partition coefficient (Wildman–Crippen LogP) is -2.81. The minimum absolute atomic E-state index is 0.0152. The van der Waals surface area contributed by atoms with Crippen LogP contribution in [0.1, 0.15) is 0 Å². The summed E-state index contributed by atoms with van der Waals surface area (Å²) in [6.07, 6.45) is 9.43. The van der Waals surface area contributed by atoms with Crippen LogP contribution in [0, 0.1) is 0 Å². The molecule has 1 atom stereocenters. The van der Waals surface area contributed by atoms with E-state index < -0.39 is 10.3 Å². The molecule has 0 saturated carbocycles. The normalized spacial score (nSPS) is 26.1. The van der Waals surface area contributed by atoms with E-state index in [1.807, 2.05) is 24.3 Å². The second-order valence-electron chi connectivity index (χ2n) is 3.49. The van der Waals surface area contributed by atoms with Crippen molar-refractivity contribution in [3.05, 3.63) is 36.2 Å². The highest BCUT2D eigenvalue weighted by molar-refractivity contribution is 7.73. The smallest absolute Gasteiger partial charge is 0.236 e. The molecule has 2 aliphatic heterocycles. The van der Waals surface area contributed by atoms with Gasteiger partial charge in [0.1, 0.15) is 6.04 Å². The average Bonchev–Trinajstić information content (AvgIpc) is 2.73. The standard InChI is InChI=1S/C9H8N4O2S/c14-16(15)9-8-5-10-6-3-1-2-4-7(6)13(8)12-11-9/h1-5,7,11-12H/p+1. The maximum atomic E-state index is 10.9. The fraction of sp³-hybridized carbons (Fsp3) is 0.111. The third-order valence-electron chi connectivity index (χ3n) is 2.60. The summed E-state index contributed by atoms with van der Waals surface area (Å²) in [5, 5.41) is 1.76. The Morgan fingerprint density at radius 2 is 2.25 bits per heavy atom. The van der Waals surface area contributed by atoms with Crippen LogP contribution in [-0.2, 0) is 10.3 Å². The topological polar surface area (TPSA) is 75.4 Å². The van der Waals surface area contributed by atoms with Crippen molar-refractivity contribution in [2.75, 3.05) is 0 Å². The highest BCUT2D eigenvalue weighted by Crippen LogP contribution is 2.16. The Kier molecular flexibility index (Phi) is 2.03. The van der Waals surface area contributed by atoms with E-state index in [9.17, 15) is 8.42 Å². The molecule has 1 saturated heterocycles. The van der Waals surface area contributed by atoms with Crippen molar-refractivity contribution in [1.29, 1.82) is 0 Å². The van der Waals surface area contributed by atoms with Gasteiger partial charge in [-0.05, 0) is 0 Å². The van der Waals surface area contributed by atoms with Gasteiger partial charge in [-0.25, -0.2) is 4.99 Å². The van der Waals surface area contributed by atoms with Gasteiger partial charge in [0.25, 0.3) is 0 Å². The highest BCUT2D eigenvalue weighted by Gasteiger charge is 2.38. The first-order valence-corrected chi connectivity index (χ1v) is 5.81. The Hall–Kier alpha value is -1.70. The monoisotopic (exact) mass is 237 g/mol. The Balaban J connectivity index is 2.13. The number of allylic oxidation sites excluding steroid dienone is 2. The number of fused-ring (bicyclic) bond motifs is 3. The van der Waals surface area contributed by atoms with Crippen LogP contribution in [-0.4, -0.2) is 30.2 Å². The predicted molar refractivity (Wildman–Crippen MR) is 58.2 cm³/mol. The number of nitrogens with zero attached hydrogens (tertiary/aromatic N) is 1. The molecule has 0 bridgehead atoms. The van der Waals surface area contributed by atoms with E-state index in [0.29, 0.717) is 5.70 Å². The van der Waals surface area contributed by atoms with Crippen LogP contribution < -0.4 is 16.0 Å². The third kappa shape index (κ3) is 1.26. The van der Waals surface area contributed by atoms with Crippen molar-refractivity contribution in [3.63, 3.8) is 0 Å². The van der Waals surface area contributed by atoms with Crippen LogP contribution in [0.4, 0.5) is 0 Å². The van der Waals surface area contributed by atoms with Gasteiger partial charge in [0.2, 0.25) is 16.0 Å². The lowest BCUT2D eigenvalue weighted by Gasteiger charge is -2.26. The molecule has 16 heavy (non-hydrogen) atoms. The lowest BCUT2D eigenvalue weighted by atomic mass is 10.0. The Labute approximate surface area is 93.1 Å². The van der Waals surface area contributed by atoms with E-state index >= 15 is 0 Å². The third-order valence-corrected chi connectivity index (χ3v) is 3.25. The summed E-state index contributed by atoms with van der Waals surface area (Å²) >= 11 is 0. The molecule has 0 aromatic rings. The zero-order valence-corrected chi connectivity index (χ0v) is 8.95. The van der Waals surface area contributed by atoms with E-state index in [-0.39, 0.29) is 11.0 Å². The van der Waals surface area contributed by atoms with Crippen LogP contribution in [0.25, 0.3) is 0 Å². The first-order chi connectivity index (χ1) is 7.77. The largest absolute Gasteiger partial charge is 0.269 e.